The van der Waals surface area contributed by atoms with Crippen LogP contribution >= 0.6 is 34.8 Å². The van der Waals surface area contributed by atoms with Gasteiger partial charge < -0.3 is 4.74 Å². The number of pyridine rings is 1. The van der Waals surface area contributed by atoms with Gasteiger partial charge in [0.25, 0.3) is 0 Å². The fraction of sp³-hybridized carbons (Fsp3) is 0. The van der Waals surface area contributed by atoms with E-state index in [1.165, 1.54) is 18.3 Å². The van der Waals surface area contributed by atoms with Crippen molar-refractivity contribution in [3.05, 3.63) is 51.1 Å². The van der Waals surface area contributed by atoms with Crippen molar-refractivity contribution >= 4 is 34.8 Å². The summed E-state index contributed by atoms with van der Waals surface area (Å²) in [4.78, 5) is 3.96. The molecule has 2 aromatic rings. The molecular weight excluding hydrogens is 295 g/mol. The van der Waals surface area contributed by atoms with Gasteiger partial charge in [-0.1, -0.05) is 34.8 Å². The number of rotatable bonds is 2. The quantitative estimate of drug-likeness (QED) is 0.755. The maximum atomic E-state index is 8.65. The lowest BCUT2D eigenvalue weighted by atomic mass is 10.3. The van der Waals surface area contributed by atoms with Crippen LogP contribution in [0.5, 0.6) is 11.6 Å². The van der Waals surface area contributed by atoms with Gasteiger partial charge in [-0.15, -0.1) is 0 Å². The predicted molar refractivity (Wildman–Crippen MR) is 70.5 cm³/mol. The van der Waals surface area contributed by atoms with Crippen LogP contribution in [0.3, 0.4) is 0 Å². The second-order valence-corrected chi connectivity index (χ2v) is 4.52. The van der Waals surface area contributed by atoms with Crippen LogP contribution in [0, 0.1) is 11.3 Å². The van der Waals surface area contributed by atoms with Gasteiger partial charge in [0, 0.05) is 18.3 Å². The van der Waals surface area contributed by atoms with E-state index in [9.17, 15) is 0 Å². The zero-order valence-corrected chi connectivity index (χ0v) is 11.1. The van der Waals surface area contributed by atoms with Gasteiger partial charge in [-0.25, -0.2) is 4.98 Å². The summed E-state index contributed by atoms with van der Waals surface area (Å²) in [5, 5.41) is 9.66. The van der Waals surface area contributed by atoms with Crippen molar-refractivity contribution in [3.8, 4) is 17.7 Å². The van der Waals surface area contributed by atoms with Crippen molar-refractivity contribution in [2.24, 2.45) is 0 Å². The Morgan fingerprint density at radius 1 is 1.06 bits per heavy atom. The second kappa shape index (κ2) is 5.45. The number of hydrogen-bond acceptors (Lipinski definition) is 3. The molecule has 0 aliphatic carbocycles. The highest BCUT2D eigenvalue weighted by Gasteiger charge is 2.08. The first-order valence-electron chi connectivity index (χ1n) is 4.78. The van der Waals surface area contributed by atoms with Crippen LogP contribution < -0.4 is 4.74 Å². The molecule has 0 aliphatic heterocycles. The Kier molecular flexibility index (Phi) is 3.93. The summed E-state index contributed by atoms with van der Waals surface area (Å²) in [6.45, 7) is 0. The lowest BCUT2D eigenvalue weighted by molar-refractivity contribution is 0.463. The van der Waals surface area contributed by atoms with Gasteiger partial charge in [0.1, 0.15) is 11.8 Å². The van der Waals surface area contributed by atoms with E-state index in [1.807, 2.05) is 6.07 Å². The first-order valence-corrected chi connectivity index (χ1v) is 5.92. The number of aromatic nitrogens is 1. The Labute approximate surface area is 118 Å². The predicted octanol–water partition coefficient (Wildman–Crippen LogP) is 4.71. The first kappa shape index (κ1) is 13.0. The number of benzene rings is 1. The molecule has 0 amide bonds. The van der Waals surface area contributed by atoms with Crippen molar-refractivity contribution in [1.29, 1.82) is 5.26 Å². The van der Waals surface area contributed by atoms with Gasteiger partial charge in [-0.3, -0.25) is 0 Å². The summed E-state index contributed by atoms with van der Waals surface area (Å²) in [7, 11) is 0. The molecule has 1 aromatic heterocycles. The van der Waals surface area contributed by atoms with Crippen LogP contribution in [0.1, 0.15) is 5.56 Å². The Hall–Kier alpha value is -1.47. The van der Waals surface area contributed by atoms with E-state index < -0.39 is 0 Å². The zero-order valence-electron chi connectivity index (χ0n) is 8.82. The van der Waals surface area contributed by atoms with Gasteiger partial charge in [-0.05, 0) is 12.1 Å². The van der Waals surface area contributed by atoms with Crippen molar-refractivity contribution in [1.82, 2.24) is 4.98 Å². The van der Waals surface area contributed by atoms with Gasteiger partial charge in [0.05, 0.1) is 20.6 Å². The van der Waals surface area contributed by atoms with Crippen LogP contribution in [-0.2, 0) is 0 Å². The molecule has 1 heterocycles. The van der Waals surface area contributed by atoms with Crippen LogP contribution in [0.2, 0.25) is 15.1 Å². The average Bonchev–Trinajstić information content (AvgIpc) is 2.37. The highest BCUT2D eigenvalue weighted by Crippen LogP contribution is 2.35. The lowest BCUT2D eigenvalue weighted by Crippen LogP contribution is -1.89. The first-order chi connectivity index (χ1) is 8.60. The highest BCUT2D eigenvalue weighted by molar-refractivity contribution is 6.43. The highest BCUT2D eigenvalue weighted by atomic mass is 35.5. The van der Waals surface area contributed by atoms with E-state index in [2.05, 4.69) is 4.98 Å². The Balaban J connectivity index is 2.28. The number of hydrogen-bond donors (Lipinski definition) is 0. The fourth-order valence-corrected chi connectivity index (χ4v) is 1.78. The molecule has 0 aliphatic rings. The lowest BCUT2D eigenvalue weighted by Gasteiger charge is -2.07. The molecule has 6 heteroatoms. The Morgan fingerprint density at radius 3 is 2.39 bits per heavy atom. The van der Waals surface area contributed by atoms with Crippen molar-refractivity contribution in [2.75, 3.05) is 0 Å². The van der Waals surface area contributed by atoms with E-state index in [0.29, 0.717) is 32.3 Å². The molecule has 0 atom stereocenters. The van der Waals surface area contributed by atoms with Gasteiger partial charge in [0.2, 0.25) is 5.88 Å². The third-order valence-electron chi connectivity index (χ3n) is 2.05. The van der Waals surface area contributed by atoms with Gasteiger partial charge >= 0.3 is 0 Å². The SMILES string of the molecule is N#Cc1ccc(Oc2cc(Cl)c(Cl)cc2Cl)nc1. The molecule has 3 nitrogen and oxygen atoms in total. The fourth-order valence-electron chi connectivity index (χ4n) is 1.20. The summed E-state index contributed by atoms with van der Waals surface area (Å²) in [6.07, 6.45) is 1.40. The monoisotopic (exact) mass is 298 g/mol. The summed E-state index contributed by atoms with van der Waals surface area (Å²) in [6, 6.07) is 8.12. The van der Waals surface area contributed by atoms with Crippen molar-refractivity contribution in [3.63, 3.8) is 0 Å². The van der Waals surface area contributed by atoms with E-state index in [0.717, 1.165) is 0 Å². The molecule has 0 saturated carbocycles. The van der Waals surface area contributed by atoms with Gasteiger partial charge in [-0.2, -0.15) is 5.26 Å². The van der Waals surface area contributed by atoms with E-state index >= 15 is 0 Å². The normalized spacial score (nSPS) is 9.89. The van der Waals surface area contributed by atoms with Crippen LogP contribution in [0.25, 0.3) is 0 Å². The molecule has 0 unspecified atom stereocenters. The summed E-state index contributed by atoms with van der Waals surface area (Å²) in [5.41, 5.74) is 0.447. The molecule has 0 fully saturated rings. The summed E-state index contributed by atoms with van der Waals surface area (Å²) < 4.78 is 5.45. The van der Waals surface area contributed by atoms with E-state index in [-0.39, 0.29) is 0 Å². The molecule has 0 saturated heterocycles. The number of nitriles is 1. The number of halogens is 3. The standard InChI is InChI=1S/C12H5Cl3N2O/c13-8-3-10(15)11(4-9(8)14)18-12-2-1-7(5-16)6-17-12/h1-4,6H. The number of ether oxygens (including phenoxy) is 1. The maximum absolute atomic E-state index is 8.65. The summed E-state index contributed by atoms with van der Waals surface area (Å²) >= 11 is 17.6. The topological polar surface area (TPSA) is 45.9 Å². The smallest absolute Gasteiger partial charge is 0.219 e. The largest absolute Gasteiger partial charge is 0.437 e. The molecule has 18 heavy (non-hydrogen) atoms. The van der Waals surface area contributed by atoms with E-state index in [1.54, 1.807) is 12.1 Å². The Bertz CT molecular complexity index is 620. The maximum Gasteiger partial charge on any atom is 0.219 e. The molecule has 0 radical (unpaired) electrons. The average molecular weight is 300 g/mol. The van der Waals surface area contributed by atoms with Crippen molar-refractivity contribution < 1.29 is 4.74 Å². The molecule has 2 rings (SSSR count). The third-order valence-corrected chi connectivity index (χ3v) is 3.07. The molecule has 0 N–H and O–H groups in total. The van der Waals surface area contributed by atoms with Crippen LogP contribution in [0.15, 0.2) is 30.5 Å². The number of nitrogens with zero attached hydrogens (tertiary/aromatic N) is 2. The molecule has 1 aromatic carbocycles. The second-order valence-electron chi connectivity index (χ2n) is 3.30. The molecule has 0 spiro atoms. The van der Waals surface area contributed by atoms with Gasteiger partial charge in [0.15, 0.2) is 0 Å². The minimum Gasteiger partial charge on any atom is -0.437 e. The molecule has 0 bridgehead atoms. The molecular formula is C12H5Cl3N2O. The molecule has 90 valence electrons. The van der Waals surface area contributed by atoms with E-state index in [4.69, 9.17) is 44.8 Å². The minimum atomic E-state index is 0.314. The van der Waals surface area contributed by atoms with Crippen LogP contribution in [-0.4, -0.2) is 4.98 Å². The zero-order chi connectivity index (χ0) is 13.1. The summed E-state index contributed by atoms with van der Waals surface area (Å²) in [5.74, 6) is 0.664. The third kappa shape index (κ3) is 2.85. The minimum absolute atomic E-state index is 0.314. The van der Waals surface area contributed by atoms with Crippen molar-refractivity contribution in [2.45, 2.75) is 0 Å². The Morgan fingerprint density at radius 2 is 1.78 bits per heavy atom. The van der Waals surface area contributed by atoms with Crippen LogP contribution in [0.4, 0.5) is 0 Å².